The third-order valence-corrected chi connectivity index (χ3v) is 4.50. The van der Waals surface area contributed by atoms with Gasteiger partial charge in [0.2, 0.25) is 0 Å². The van der Waals surface area contributed by atoms with E-state index in [9.17, 15) is 0 Å². The van der Waals surface area contributed by atoms with Crippen molar-refractivity contribution in [1.29, 1.82) is 0 Å². The van der Waals surface area contributed by atoms with E-state index < -0.39 is 0 Å². The van der Waals surface area contributed by atoms with Crippen LogP contribution in [-0.4, -0.2) is 32.4 Å². The van der Waals surface area contributed by atoms with Crippen LogP contribution in [0.3, 0.4) is 0 Å². The molecule has 1 aliphatic rings. The monoisotopic (exact) mass is 277 g/mol. The molecule has 20 heavy (non-hydrogen) atoms. The molecule has 1 aromatic carbocycles. The summed E-state index contributed by atoms with van der Waals surface area (Å²) in [5, 5.41) is 3.68. The lowest BCUT2D eigenvalue weighted by Crippen LogP contribution is -2.57. The topological polar surface area (TPSA) is 30.5 Å². The highest BCUT2D eigenvalue weighted by Gasteiger charge is 2.44. The zero-order valence-corrected chi connectivity index (χ0v) is 12.9. The van der Waals surface area contributed by atoms with Gasteiger partial charge in [0.1, 0.15) is 5.75 Å². The number of hydrogen-bond donors (Lipinski definition) is 1. The van der Waals surface area contributed by atoms with Crippen molar-refractivity contribution >= 4 is 0 Å². The van der Waals surface area contributed by atoms with E-state index in [1.807, 2.05) is 19.2 Å². The Bertz CT molecular complexity index is 410. The Kier molecular flexibility index (Phi) is 5.44. The Morgan fingerprint density at radius 2 is 2.00 bits per heavy atom. The van der Waals surface area contributed by atoms with Crippen LogP contribution in [0.15, 0.2) is 24.3 Å². The molecule has 3 nitrogen and oxygen atoms in total. The summed E-state index contributed by atoms with van der Waals surface area (Å²) in [5.74, 6) is 0.973. The van der Waals surface area contributed by atoms with E-state index in [1.54, 1.807) is 7.11 Å². The van der Waals surface area contributed by atoms with Crippen molar-refractivity contribution in [3.63, 3.8) is 0 Å². The third-order valence-electron chi connectivity index (χ3n) is 4.50. The number of ether oxygens (including phenoxy) is 2. The molecule has 0 radical (unpaired) electrons. The molecule has 0 heterocycles. The normalized spacial score (nSPS) is 18.4. The summed E-state index contributed by atoms with van der Waals surface area (Å²) in [4.78, 5) is 0. The lowest BCUT2D eigenvalue weighted by Gasteiger charge is -2.47. The first-order chi connectivity index (χ1) is 9.75. The molecule has 1 fully saturated rings. The van der Waals surface area contributed by atoms with E-state index in [0.717, 1.165) is 38.0 Å². The molecule has 0 bridgehead atoms. The lowest BCUT2D eigenvalue weighted by atomic mass is 9.72. The SMILES string of the molecule is CCCNC(Cc1ccccc1OC)C1(OC)CCC1. The number of nitrogens with one attached hydrogen (secondary N) is 1. The largest absolute Gasteiger partial charge is 0.496 e. The summed E-state index contributed by atoms with van der Waals surface area (Å²) in [7, 11) is 3.59. The predicted octanol–water partition coefficient (Wildman–Crippen LogP) is 3.18. The molecular weight excluding hydrogens is 250 g/mol. The summed E-state index contributed by atoms with van der Waals surface area (Å²) in [6.07, 6.45) is 5.67. The molecule has 0 aliphatic heterocycles. The van der Waals surface area contributed by atoms with Gasteiger partial charge in [0.15, 0.2) is 0 Å². The first-order valence-electron chi connectivity index (χ1n) is 7.66. The molecule has 1 aromatic rings. The van der Waals surface area contributed by atoms with E-state index >= 15 is 0 Å². The van der Waals surface area contributed by atoms with Crippen LogP contribution in [0, 0.1) is 0 Å². The van der Waals surface area contributed by atoms with Crippen LogP contribution in [0.2, 0.25) is 0 Å². The summed E-state index contributed by atoms with van der Waals surface area (Å²) >= 11 is 0. The second-order valence-electron chi connectivity index (χ2n) is 5.65. The van der Waals surface area contributed by atoms with Gasteiger partial charge < -0.3 is 14.8 Å². The molecule has 1 unspecified atom stereocenters. The molecule has 3 heteroatoms. The Morgan fingerprint density at radius 3 is 2.55 bits per heavy atom. The van der Waals surface area contributed by atoms with Crippen LogP contribution in [0.25, 0.3) is 0 Å². The van der Waals surface area contributed by atoms with Crippen LogP contribution < -0.4 is 10.1 Å². The van der Waals surface area contributed by atoms with Gasteiger partial charge in [-0.1, -0.05) is 25.1 Å². The predicted molar refractivity (Wildman–Crippen MR) is 82.4 cm³/mol. The quantitative estimate of drug-likeness (QED) is 0.791. The smallest absolute Gasteiger partial charge is 0.122 e. The molecule has 0 amide bonds. The zero-order valence-electron chi connectivity index (χ0n) is 12.9. The van der Waals surface area contributed by atoms with Gasteiger partial charge in [0, 0.05) is 13.2 Å². The highest BCUT2D eigenvalue weighted by atomic mass is 16.5. The first kappa shape index (κ1) is 15.3. The van der Waals surface area contributed by atoms with Gasteiger partial charge in [-0.15, -0.1) is 0 Å². The van der Waals surface area contributed by atoms with E-state index in [2.05, 4.69) is 24.4 Å². The molecule has 1 N–H and O–H groups in total. The Hall–Kier alpha value is -1.06. The highest BCUT2D eigenvalue weighted by molar-refractivity contribution is 5.34. The average molecular weight is 277 g/mol. The molecule has 112 valence electrons. The van der Waals surface area contributed by atoms with Gasteiger partial charge in [-0.2, -0.15) is 0 Å². The third kappa shape index (κ3) is 3.15. The van der Waals surface area contributed by atoms with Crippen molar-refractivity contribution in [1.82, 2.24) is 5.32 Å². The fourth-order valence-electron chi connectivity index (χ4n) is 3.07. The van der Waals surface area contributed by atoms with Crippen molar-refractivity contribution in [2.45, 2.75) is 50.7 Å². The molecule has 1 aliphatic carbocycles. The first-order valence-corrected chi connectivity index (χ1v) is 7.66. The van der Waals surface area contributed by atoms with E-state index in [0.29, 0.717) is 6.04 Å². The Morgan fingerprint density at radius 1 is 1.25 bits per heavy atom. The maximum atomic E-state index is 5.88. The van der Waals surface area contributed by atoms with Crippen LogP contribution in [0.1, 0.15) is 38.2 Å². The number of methoxy groups -OCH3 is 2. The van der Waals surface area contributed by atoms with Crippen molar-refractivity contribution in [3.05, 3.63) is 29.8 Å². The average Bonchev–Trinajstić information content (AvgIpc) is 2.44. The zero-order chi connectivity index (χ0) is 14.4. The second-order valence-corrected chi connectivity index (χ2v) is 5.65. The Labute approximate surface area is 122 Å². The number of benzene rings is 1. The van der Waals surface area contributed by atoms with Crippen LogP contribution in [0.5, 0.6) is 5.75 Å². The fourth-order valence-corrected chi connectivity index (χ4v) is 3.07. The van der Waals surface area contributed by atoms with Gasteiger partial charge in [0.05, 0.1) is 12.7 Å². The fraction of sp³-hybridized carbons (Fsp3) is 0.647. The number of para-hydroxylation sites is 1. The van der Waals surface area contributed by atoms with Gasteiger partial charge in [-0.3, -0.25) is 0 Å². The van der Waals surface area contributed by atoms with Gasteiger partial charge in [-0.05, 0) is 50.3 Å². The molecule has 1 saturated carbocycles. The maximum Gasteiger partial charge on any atom is 0.122 e. The number of rotatable bonds is 8. The van der Waals surface area contributed by atoms with Crippen molar-refractivity contribution in [3.8, 4) is 5.75 Å². The minimum absolute atomic E-state index is 0.00994. The second kappa shape index (κ2) is 7.09. The van der Waals surface area contributed by atoms with Gasteiger partial charge >= 0.3 is 0 Å². The summed E-state index contributed by atoms with van der Waals surface area (Å²) in [6, 6.07) is 8.65. The minimum atomic E-state index is 0.00994. The molecule has 0 spiro atoms. The van der Waals surface area contributed by atoms with Crippen LogP contribution in [-0.2, 0) is 11.2 Å². The molecule has 1 atom stereocenters. The Balaban J connectivity index is 2.14. The lowest BCUT2D eigenvalue weighted by molar-refractivity contribution is -0.0981. The molecule has 0 aromatic heterocycles. The maximum absolute atomic E-state index is 5.88. The van der Waals surface area contributed by atoms with Gasteiger partial charge in [-0.25, -0.2) is 0 Å². The highest BCUT2D eigenvalue weighted by Crippen LogP contribution is 2.39. The summed E-state index contributed by atoms with van der Waals surface area (Å²) in [5.41, 5.74) is 1.27. The minimum Gasteiger partial charge on any atom is -0.496 e. The molecular formula is C17H27NO2. The van der Waals surface area contributed by atoms with Crippen molar-refractivity contribution in [2.24, 2.45) is 0 Å². The van der Waals surface area contributed by atoms with Crippen LogP contribution >= 0.6 is 0 Å². The molecule has 0 saturated heterocycles. The van der Waals surface area contributed by atoms with E-state index in [1.165, 1.54) is 12.0 Å². The van der Waals surface area contributed by atoms with Gasteiger partial charge in [0.25, 0.3) is 0 Å². The van der Waals surface area contributed by atoms with E-state index in [-0.39, 0.29) is 5.60 Å². The summed E-state index contributed by atoms with van der Waals surface area (Å²) in [6.45, 7) is 3.23. The number of hydrogen-bond acceptors (Lipinski definition) is 3. The van der Waals surface area contributed by atoms with E-state index in [4.69, 9.17) is 9.47 Å². The molecule has 2 rings (SSSR count). The summed E-state index contributed by atoms with van der Waals surface area (Å²) < 4.78 is 11.4. The van der Waals surface area contributed by atoms with Crippen LogP contribution in [0.4, 0.5) is 0 Å². The standard InChI is InChI=1S/C17H27NO2/c1-4-12-18-16(17(20-3)10-7-11-17)13-14-8-5-6-9-15(14)19-2/h5-6,8-9,16,18H,4,7,10-13H2,1-3H3. The van der Waals surface area contributed by atoms with Crippen molar-refractivity contribution in [2.75, 3.05) is 20.8 Å². The van der Waals surface area contributed by atoms with Crippen molar-refractivity contribution < 1.29 is 9.47 Å².